The van der Waals surface area contributed by atoms with Crippen molar-refractivity contribution in [1.29, 1.82) is 0 Å². The molecule has 0 amide bonds. The van der Waals surface area contributed by atoms with Crippen molar-refractivity contribution in [3.63, 3.8) is 0 Å². The van der Waals surface area contributed by atoms with Crippen LogP contribution in [0.1, 0.15) is 86.5 Å². The molecule has 3 heteroatoms. The summed E-state index contributed by atoms with van der Waals surface area (Å²) in [5.41, 5.74) is 0.161. The minimum absolute atomic E-state index is 0.101. The second kappa shape index (κ2) is 7.37. The number of hydrogen-bond acceptors (Lipinski definition) is 2. The van der Waals surface area contributed by atoms with E-state index in [9.17, 15) is 4.79 Å². The van der Waals surface area contributed by atoms with Gasteiger partial charge in [-0.25, -0.2) is 0 Å². The van der Waals surface area contributed by atoms with Crippen molar-refractivity contribution in [2.24, 2.45) is 29.1 Å². The number of carbonyl (C=O) groups is 1. The molecule has 2 nitrogen and oxygen atoms in total. The van der Waals surface area contributed by atoms with Crippen LogP contribution in [0.25, 0.3) is 0 Å². The first-order valence-corrected chi connectivity index (χ1v) is 14.6. The number of rotatable bonds is 5. The molecule has 0 N–H and O–H groups in total. The monoisotopic (exact) mass is 404 g/mol. The van der Waals surface area contributed by atoms with E-state index < -0.39 is 8.32 Å². The van der Waals surface area contributed by atoms with Gasteiger partial charge in [-0.05, 0) is 86.7 Å². The van der Waals surface area contributed by atoms with Gasteiger partial charge in [-0.3, -0.25) is 4.79 Å². The van der Waals surface area contributed by atoms with Crippen molar-refractivity contribution in [2.45, 2.75) is 110 Å². The van der Waals surface area contributed by atoms with Crippen molar-refractivity contribution in [3.8, 4) is 0 Å². The molecule has 6 atom stereocenters. The predicted molar refractivity (Wildman–Crippen MR) is 121 cm³/mol. The standard InChI is InChI=1S/C25H44O2Si/c1-18(20-11-12-21-22(26)10-9-14-25(20,21)6)16-19-13-15-24(5,17-19)27-28(7,8)23(2,3)4/h13,15,18-21H,9-12,14,16-17H2,1-8H3/t18-,19+,20-,21?,24-,25+/m1/s1. The van der Waals surface area contributed by atoms with E-state index in [1.807, 2.05) is 0 Å². The SMILES string of the molecule is C[C@H](C[C@@H]1C=C[C@@](C)(O[Si](C)(C)C(C)(C)C)C1)[C@H]1CCC2C(=O)CCC[C@]21C. The minimum Gasteiger partial charge on any atom is -0.408 e. The third-order valence-electron chi connectivity index (χ3n) is 8.98. The lowest BCUT2D eigenvalue weighted by Crippen LogP contribution is -2.47. The molecule has 0 spiro atoms. The van der Waals surface area contributed by atoms with E-state index in [0.717, 1.165) is 25.7 Å². The van der Waals surface area contributed by atoms with Gasteiger partial charge in [0.05, 0.1) is 5.60 Å². The first-order chi connectivity index (χ1) is 12.8. The summed E-state index contributed by atoms with van der Waals surface area (Å²) in [6.07, 6.45) is 12.7. The van der Waals surface area contributed by atoms with E-state index >= 15 is 0 Å². The second-order valence-electron chi connectivity index (χ2n) is 12.3. The van der Waals surface area contributed by atoms with Gasteiger partial charge in [0.1, 0.15) is 5.78 Å². The molecular weight excluding hydrogens is 360 g/mol. The van der Waals surface area contributed by atoms with Crippen LogP contribution in [0, 0.1) is 29.1 Å². The van der Waals surface area contributed by atoms with E-state index in [1.54, 1.807) is 0 Å². The molecular formula is C25H44O2Si. The van der Waals surface area contributed by atoms with E-state index in [1.165, 1.54) is 19.3 Å². The maximum absolute atomic E-state index is 12.5. The Hall–Kier alpha value is -0.413. The normalized spacial score (nSPS) is 40.0. The molecule has 0 radical (unpaired) electrons. The Labute approximate surface area is 175 Å². The van der Waals surface area contributed by atoms with Gasteiger partial charge in [-0.15, -0.1) is 0 Å². The minimum atomic E-state index is -1.77. The maximum atomic E-state index is 12.5. The average Bonchev–Trinajstić information content (AvgIpc) is 3.06. The molecule has 0 aromatic heterocycles. The van der Waals surface area contributed by atoms with E-state index in [2.05, 4.69) is 66.8 Å². The molecule has 2 saturated carbocycles. The topological polar surface area (TPSA) is 26.3 Å². The lowest BCUT2D eigenvalue weighted by Gasteiger charge is -2.43. The molecule has 3 aliphatic carbocycles. The first-order valence-electron chi connectivity index (χ1n) is 11.7. The van der Waals surface area contributed by atoms with Gasteiger partial charge in [0, 0.05) is 12.3 Å². The summed E-state index contributed by atoms with van der Waals surface area (Å²) in [5, 5.41) is 0.246. The molecule has 0 aromatic carbocycles. The van der Waals surface area contributed by atoms with Crippen molar-refractivity contribution in [1.82, 2.24) is 0 Å². The zero-order valence-electron chi connectivity index (χ0n) is 19.7. The van der Waals surface area contributed by atoms with Gasteiger partial charge in [0.25, 0.3) is 0 Å². The molecule has 28 heavy (non-hydrogen) atoms. The Bertz CT molecular complexity index is 631. The lowest BCUT2D eigenvalue weighted by atomic mass is 9.61. The Kier molecular flexibility index (Phi) is 5.87. The van der Waals surface area contributed by atoms with Crippen LogP contribution in [0.2, 0.25) is 18.1 Å². The highest BCUT2D eigenvalue weighted by atomic mass is 28.4. The van der Waals surface area contributed by atoms with Crippen molar-refractivity contribution in [3.05, 3.63) is 12.2 Å². The second-order valence-corrected chi connectivity index (χ2v) is 17.0. The van der Waals surface area contributed by atoms with Crippen LogP contribution in [0.4, 0.5) is 0 Å². The molecule has 3 rings (SSSR count). The van der Waals surface area contributed by atoms with Gasteiger partial charge >= 0.3 is 0 Å². The zero-order valence-corrected chi connectivity index (χ0v) is 20.7. The van der Waals surface area contributed by atoms with Crippen LogP contribution in [-0.4, -0.2) is 19.7 Å². The summed E-state index contributed by atoms with van der Waals surface area (Å²) in [6, 6.07) is 0. The van der Waals surface area contributed by atoms with Crippen LogP contribution in [-0.2, 0) is 9.22 Å². The van der Waals surface area contributed by atoms with Gasteiger partial charge in [-0.1, -0.05) is 46.8 Å². The van der Waals surface area contributed by atoms with Crippen molar-refractivity contribution in [2.75, 3.05) is 0 Å². The smallest absolute Gasteiger partial charge is 0.193 e. The Morgan fingerprint density at radius 1 is 1.25 bits per heavy atom. The highest BCUT2D eigenvalue weighted by Crippen LogP contribution is 2.57. The Morgan fingerprint density at radius 3 is 2.57 bits per heavy atom. The van der Waals surface area contributed by atoms with Crippen molar-refractivity contribution >= 4 is 14.1 Å². The van der Waals surface area contributed by atoms with Crippen molar-refractivity contribution < 1.29 is 9.22 Å². The number of Topliss-reactive ketones (excluding diaryl/α,β-unsaturated/α-hetero) is 1. The highest BCUT2D eigenvalue weighted by molar-refractivity contribution is 6.74. The fraction of sp³-hybridized carbons (Fsp3) is 0.880. The molecule has 0 bridgehead atoms. The predicted octanol–water partition coefficient (Wildman–Crippen LogP) is 7.15. The van der Waals surface area contributed by atoms with Gasteiger partial charge in [0.15, 0.2) is 8.32 Å². The summed E-state index contributed by atoms with van der Waals surface area (Å²) in [4.78, 5) is 12.5. The number of ketones is 1. The third kappa shape index (κ3) is 4.08. The first kappa shape index (κ1) is 22.3. The maximum Gasteiger partial charge on any atom is 0.193 e. The molecule has 0 heterocycles. The fourth-order valence-electron chi connectivity index (χ4n) is 6.52. The van der Waals surface area contributed by atoms with Gasteiger partial charge in [-0.2, -0.15) is 0 Å². The molecule has 1 unspecified atom stereocenters. The lowest BCUT2D eigenvalue weighted by molar-refractivity contribution is -0.130. The number of hydrogen-bond donors (Lipinski definition) is 0. The molecule has 0 aromatic rings. The molecule has 3 aliphatic rings. The van der Waals surface area contributed by atoms with Gasteiger partial charge in [0.2, 0.25) is 0 Å². The molecule has 0 aliphatic heterocycles. The summed E-state index contributed by atoms with van der Waals surface area (Å²) in [6.45, 7) is 18.9. The summed E-state index contributed by atoms with van der Waals surface area (Å²) < 4.78 is 6.82. The Morgan fingerprint density at radius 2 is 1.93 bits per heavy atom. The fourth-order valence-corrected chi connectivity index (χ4v) is 8.14. The molecule has 2 fully saturated rings. The number of fused-ring (bicyclic) bond motifs is 1. The zero-order chi connectivity index (χ0) is 21.0. The van der Waals surface area contributed by atoms with E-state index in [-0.39, 0.29) is 16.1 Å². The van der Waals surface area contributed by atoms with Crippen LogP contribution in [0.3, 0.4) is 0 Å². The largest absolute Gasteiger partial charge is 0.408 e. The van der Waals surface area contributed by atoms with E-state index in [0.29, 0.717) is 29.5 Å². The van der Waals surface area contributed by atoms with Crippen LogP contribution >= 0.6 is 0 Å². The van der Waals surface area contributed by atoms with Crippen LogP contribution in [0.5, 0.6) is 0 Å². The number of carbonyl (C=O) groups excluding carboxylic acids is 1. The quantitative estimate of drug-likeness (QED) is 0.359. The highest BCUT2D eigenvalue weighted by Gasteiger charge is 2.52. The summed E-state index contributed by atoms with van der Waals surface area (Å²) in [7, 11) is -1.77. The summed E-state index contributed by atoms with van der Waals surface area (Å²) >= 11 is 0. The Balaban J connectivity index is 1.61. The number of allylic oxidation sites excluding steroid dienone is 1. The van der Waals surface area contributed by atoms with Gasteiger partial charge < -0.3 is 4.43 Å². The molecule has 0 saturated heterocycles. The van der Waals surface area contributed by atoms with E-state index in [4.69, 9.17) is 4.43 Å². The summed E-state index contributed by atoms with van der Waals surface area (Å²) in [5.74, 6) is 2.92. The third-order valence-corrected chi connectivity index (χ3v) is 13.6. The van der Waals surface area contributed by atoms with Crippen LogP contribution in [0.15, 0.2) is 12.2 Å². The average molecular weight is 405 g/mol. The van der Waals surface area contributed by atoms with Crippen LogP contribution < -0.4 is 0 Å². The molecule has 160 valence electrons.